The lowest BCUT2D eigenvalue weighted by atomic mass is 10.1. The fourth-order valence-electron chi connectivity index (χ4n) is 2.12. The van der Waals surface area contributed by atoms with E-state index in [2.05, 4.69) is 10.6 Å². The van der Waals surface area contributed by atoms with Gasteiger partial charge >= 0.3 is 5.97 Å². The molecule has 1 saturated heterocycles. The van der Waals surface area contributed by atoms with Crippen molar-refractivity contribution in [2.75, 3.05) is 19.6 Å². The molecule has 0 aromatic heterocycles. The van der Waals surface area contributed by atoms with Crippen molar-refractivity contribution in [2.45, 2.75) is 19.4 Å². The minimum absolute atomic E-state index is 0.0193. The molecule has 20 heavy (non-hydrogen) atoms. The van der Waals surface area contributed by atoms with Crippen molar-refractivity contribution in [1.82, 2.24) is 10.6 Å². The van der Waals surface area contributed by atoms with E-state index < -0.39 is 0 Å². The van der Waals surface area contributed by atoms with Gasteiger partial charge in [0.25, 0.3) is 0 Å². The standard InChI is InChI=1S/C15H20N2O3/c18-14(20-11-12-4-2-1-3-5-12)7-9-17-15(19)13-6-8-16-10-13/h1-5,13,16H,6-11H2,(H,17,19). The van der Waals surface area contributed by atoms with E-state index in [0.29, 0.717) is 6.54 Å². The highest BCUT2D eigenvalue weighted by molar-refractivity contribution is 5.79. The second kappa shape index (κ2) is 7.65. The largest absolute Gasteiger partial charge is 0.461 e. The molecule has 2 N–H and O–H groups in total. The molecule has 1 atom stereocenters. The van der Waals surface area contributed by atoms with E-state index >= 15 is 0 Å². The van der Waals surface area contributed by atoms with Crippen molar-refractivity contribution < 1.29 is 14.3 Å². The highest BCUT2D eigenvalue weighted by atomic mass is 16.5. The highest BCUT2D eigenvalue weighted by Crippen LogP contribution is 2.07. The van der Waals surface area contributed by atoms with Crippen molar-refractivity contribution in [2.24, 2.45) is 5.92 Å². The molecule has 0 radical (unpaired) electrons. The maximum Gasteiger partial charge on any atom is 0.307 e. The van der Waals surface area contributed by atoms with Crippen LogP contribution in [0.25, 0.3) is 0 Å². The van der Waals surface area contributed by atoms with E-state index in [4.69, 9.17) is 4.74 Å². The van der Waals surface area contributed by atoms with Gasteiger partial charge in [-0.3, -0.25) is 9.59 Å². The zero-order valence-corrected chi connectivity index (χ0v) is 11.4. The van der Waals surface area contributed by atoms with Crippen LogP contribution in [-0.2, 0) is 20.9 Å². The Morgan fingerprint density at radius 2 is 2.10 bits per heavy atom. The Morgan fingerprint density at radius 1 is 1.30 bits per heavy atom. The number of hydrogen-bond acceptors (Lipinski definition) is 4. The van der Waals surface area contributed by atoms with Crippen molar-refractivity contribution in [1.29, 1.82) is 0 Å². The summed E-state index contributed by atoms with van der Waals surface area (Å²) in [6, 6.07) is 9.53. The third-order valence-electron chi connectivity index (χ3n) is 3.30. The zero-order chi connectivity index (χ0) is 14.2. The molecule has 2 rings (SSSR count). The van der Waals surface area contributed by atoms with Crippen molar-refractivity contribution in [3.63, 3.8) is 0 Å². The minimum Gasteiger partial charge on any atom is -0.461 e. The Hall–Kier alpha value is -1.88. The molecule has 1 unspecified atom stereocenters. The van der Waals surface area contributed by atoms with Crippen LogP contribution < -0.4 is 10.6 Å². The van der Waals surface area contributed by atoms with Gasteiger partial charge in [-0.05, 0) is 18.5 Å². The molecule has 0 aliphatic carbocycles. The normalized spacial score (nSPS) is 17.7. The molecule has 1 aromatic rings. The first-order valence-electron chi connectivity index (χ1n) is 6.93. The first-order chi connectivity index (χ1) is 9.75. The number of carbonyl (C=O) groups is 2. The molecule has 1 aliphatic heterocycles. The van der Waals surface area contributed by atoms with Gasteiger partial charge in [0, 0.05) is 13.1 Å². The lowest BCUT2D eigenvalue weighted by Crippen LogP contribution is -2.33. The van der Waals surface area contributed by atoms with Crippen LogP contribution >= 0.6 is 0 Å². The van der Waals surface area contributed by atoms with Gasteiger partial charge in [-0.15, -0.1) is 0 Å². The van der Waals surface area contributed by atoms with E-state index in [9.17, 15) is 9.59 Å². The summed E-state index contributed by atoms with van der Waals surface area (Å²) in [4.78, 5) is 23.2. The molecule has 1 heterocycles. The Morgan fingerprint density at radius 3 is 2.80 bits per heavy atom. The number of hydrogen-bond donors (Lipinski definition) is 2. The van der Waals surface area contributed by atoms with Crippen molar-refractivity contribution in [3.05, 3.63) is 35.9 Å². The molecule has 0 saturated carbocycles. The van der Waals surface area contributed by atoms with E-state index in [1.807, 2.05) is 30.3 Å². The molecule has 1 fully saturated rings. The molecular weight excluding hydrogens is 256 g/mol. The number of carbonyl (C=O) groups excluding carboxylic acids is 2. The van der Waals surface area contributed by atoms with E-state index in [0.717, 1.165) is 25.1 Å². The summed E-state index contributed by atoms with van der Waals surface area (Å²) < 4.78 is 5.13. The van der Waals surface area contributed by atoms with Crippen LogP contribution in [0.4, 0.5) is 0 Å². The minimum atomic E-state index is -0.293. The molecule has 1 aromatic carbocycles. The summed E-state index contributed by atoms with van der Waals surface area (Å²) >= 11 is 0. The SMILES string of the molecule is O=C(CCNC(=O)C1CCNC1)OCc1ccccc1. The topological polar surface area (TPSA) is 67.4 Å². The van der Waals surface area contributed by atoms with Gasteiger partial charge in [-0.1, -0.05) is 30.3 Å². The first kappa shape index (κ1) is 14.5. The van der Waals surface area contributed by atoms with Crippen molar-refractivity contribution in [3.8, 4) is 0 Å². The van der Waals surface area contributed by atoms with Gasteiger partial charge in [0.05, 0.1) is 12.3 Å². The molecule has 5 nitrogen and oxygen atoms in total. The van der Waals surface area contributed by atoms with Crippen molar-refractivity contribution >= 4 is 11.9 Å². The lowest BCUT2D eigenvalue weighted by molar-refractivity contribution is -0.144. The number of ether oxygens (including phenoxy) is 1. The molecule has 108 valence electrons. The van der Waals surface area contributed by atoms with E-state index in [1.165, 1.54) is 0 Å². The van der Waals surface area contributed by atoms with Crippen LogP contribution in [0.5, 0.6) is 0 Å². The summed E-state index contributed by atoms with van der Waals surface area (Å²) in [6.07, 6.45) is 1.07. The van der Waals surface area contributed by atoms with Crippen LogP contribution in [-0.4, -0.2) is 31.5 Å². The van der Waals surface area contributed by atoms with E-state index in [-0.39, 0.29) is 30.8 Å². The average molecular weight is 276 g/mol. The fourth-order valence-corrected chi connectivity index (χ4v) is 2.12. The number of esters is 1. The Balaban J connectivity index is 1.59. The van der Waals surface area contributed by atoms with Crippen LogP contribution in [0.1, 0.15) is 18.4 Å². The smallest absolute Gasteiger partial charge is 0.307 e. The van der Waals surface area contributed by atoms with Gasteiger partial charge < -0.3 is 15.4 Å². The first-order valence-corrected chi connectivity index (χ1v) is 6.93. The lowest BCUT2D eigenvalue weighted by Gasteiger charge is -2.09. The Labute approximate surface area is 118 Å². The molecular formula is C15H20N2O3. The van der Waals surface area contributed by atoms with E-state index in [1.54, 1.807) is 0 Å². The summed E-state index contributed by atoms with van der Waals surface area (Å²) in [5.74, 6) is -0.236. The molecule has 0 spiro atoms. The summed E-state index contributed by atoms with van der Waals surface area (Å²) in [6.45, 7) is 2.23. The number of nitrogens with one attached hydrogen (secondary N) is 2. The number of amides is 1. The quantitative estimate of drug-likeness (QED) is 0.756. The molecule has 1 aliphatic rings. The molecule has 0 bridgehead atoms. The average Bonchev–Trinajstić information content (AvgIpc) is 3.00. The Kier molecular flexibility index (Phi) is 5.55. The summed E-state index contributed by atoms with van der Waals surface area (Å²) in [5, 5.41) is 5.91. The van der Waals surface area contributed by atoms with Gasteiger partial charge in [-0.2, -0.15) is 0 Å². The number of rotatable bonds is 6. The second-order valence-corrected chi connectivity index (χ2v) is 4.88. The fraction of sp³-hybridized carbons (Fsp3) is 0.467. The maximum atomic E-state index is 11.7. The van der Waals surface area contributed by atoms with Crippen LogP contribution in [0.3, 0.4) is 0 Å². The van der Waals surface area contributed by atoms with Gasteiger partial charge in [0.2, 0.25) is 5.91 Å². The number of benzene rings is 1. The predicted octanol–water partition coefficient (Wildman–Crippen LogP) is 0.846. The summed E-state index contributed by atoms with van der Waals surface area (Å²) in [5.41, 5.74) is 0.960. The zero-order valence-electron chi connectivity index (χ0n) is 11.4. The predicted molar refractivity (Wildman–Crippen MR) is 74.8 cm³/mol. The maximum absolute atomic E-state index is 11.7. The molecule has 1 amide bonds. The van der Waals surface area contributed by atoms with Gasteiger partial charge in [0.1, 0.15) is 6.61 Å². The van der Waals surface area contributed by atoms with Crippen LogP contribution in [0, 0.1) is 5.92 Å². The van der Waals surface area contributed by atoms with Crippen LogP contribution in [0.15, 0.2) is 30.3 Å². The monoisotopic (exact) mass is 276 g/mol. The highest BCUT2D eigenvalue weighted by Gasteiger charge is 2.21. The Bertz CT molecular complexity index is 442. The van der Waals surface area contributed by atoms with Gasteiger partial charge in [0.15, 0.2) is 0 Å². The second-order valence-electron chi connectivity index (χ2n) is 4.88. The third kappa shape index (κ3) is 4.66. The molecule has 5 heteroatoms. The third-order valence-corrected chi connectivity index (χ3v) is 3.30. The van der Waals surface area contributed by atoms with Gasteiger partial charge in [-0.25, -0.2) is 0 Å². The van der Waals surface area contributed by atoms with Crippen LogP contribution in [0.2, 0.25) is 0 Å². The summed E-state index contributed by atoms with van der Waals surface area (Å²) in [7, 11) is 0.